The number of Topliss-reactive ketones (excluding diaryl/α,β-unsaturated/α-hetero) is 2. The molecule has 7 atom stereocenters. The Bertz CT molecular complexity index is 843. The Morgan fingerprint density at radius 1 is 1.12 bits per heavy atom. The molecule has 3 rings (SSSR count). The Morgan fingerprint density at radius 2 is 1.79 bits per heavy atom. The summed E-state index contributed by atoms with van der Waals surface area (Å²) in [5.41, 5.74) is -6.10. The highest BCUT2D eigenvalue weighted by molar-refractivity contribution is 5.93. The molecule has 0 aromatic heterocycles. The van der Waals surface area contributed by atoms with E-state index in [2.05, 4.69) is 0 Å². The molecule has 3 aliphatic rings. The largest absolute Gasteiger partial charge is 0.458 e. The van der Waals surface area contributed by atoms with Crippen LogP contribution in [0.25, 0.3) is 0 Å². The van der Waals surface area contributed by atoms with Crippen LogP contribution in [0.15, 0.2) is 0 Å². The summed E-state index contributed by atoms with van der Waals surface area (Å²) in [5.74, 6) is -3.04. The number of fused-ring (bicyclic) bond motifs is 3. The van der Waals surface area contributed by atoms with Gasteiger partial charge in [0.15, 0.2) is 17.9 Å². The zero-order valence-corrected chi connectivity index (χ0v) is 20.4. The standard InChI is InChI=1S/C25H37FO7/c1-6-7-11-22(4)19(29)9-8-18-17-10-12-24(33-16(3)28,21(31)14-32-15(2)27)23(17,5)13-20(30)25(18,22)26/h17-18,20,30H,6-14H2,1-5H3/t17-,18-,20-,22-,23-,24-,25?/m0/s1. The molecule has 33 heavy (non-hydrogen) atoms. The number of carbonyl (C=O) groups excluding carboxylic acids is 4. The van der Waals surface area contributed by atoms with Crippen molar-refractivity contribution in [3.63, 3.8) is 0 Å². The zero-order chi connectivity index (χ0) is 24.8. The number of ketones is 2. The number of aliphatic hydroxyl groups is 1. The first-order chi connectivity index (χ1) is 15.3. The molecule has 0 saturated heterocycles. The van der Waals surface area contributed by atoms with Crippen molar-refractivity contribution >= 4 is 23.5 Å². The number of aliphatic hydroxyl groups excluding tert-OH is 1. The molecule has 186 valence electrons. The van der Waals surface area contributed by atoms with Gasteiger partial charge in [-0.25, -0.2) is 4.39 Å². The number of unbranched alkanes of at least 4 members (excludes halogenated alkanes) is 1. The van der Waals surface area contributed by atoms with Crippen LogP contribution in [0, 0.1) is 22.7 Å². The minimum Gasteiger partial charge on any atom is -0.458 e. The summed E-state index contributed by atoms with van der Waals surface area (Å²) in [6.07, 6.45) is 1.29. The molecule has 0 spiro atoms. The number of halogens is 1. The second-order valence-corrected chi connectivity index (χ2v) is 10.7. The SMILES string of the molecule is CCCC[C@@]1(C)C(=O)CC[C@H]2[C@@H]3CC[C@](OC(C)=O)(C(=O)COC(C)=O)[C@@]3(C)C[C@H](O)C21F. The van der Waals surface area contributed by atoms with Gasteiger partial charge in [0, 0.05) is 31.6 Å². The maximum Gasteiger partial charge on any atom is 0.303 e. The highest BCUT2D eigenvalue weighted by Crippen LogP contribution is 2.69. The van der Waals surface area contributed by atoms with Crippen LogP contribution in [0.4, 0.5) is 4.39 Å². The maximum absolute atomic E-state index is 17.1. The third-order valence-electron chi connectivity index (χ3n) is 9.02. The van der Waals surface area contributed by atoms with Gasteiger partial charge in [0.05, 0.1) is 11.5 Å². The van der Waals surface area contributed by atoms with E-state index in [1.807, 2.05) is 6.92 Å². The van der Waals surface area contributed by atoms with Crippen LogP contribution >= 0.6 is 0 Å². The van der Waals surface area contributed by atoms with E-state index in [1.54, 1.807) is 13.8 Å². The summed E-state index contributed by atoms with van der Waals surface area (Å²) in [6, 6.07) is 0. The molecule has 0 aliphatic heterocycles. The van der Waals surface area contributed by atoms with E-state index in [0.717, 1.165) is 6.42 Å². The highest BCUT2D eigenvalue weighted by atomic mass is 19.1. The number of alkyl halides is 1. The van der Waals surface area contributed by atoms with Gasteiger partial charge in [-0.15, -0.1) is 0 Å². The number of carbonyl (C=O) groups is 4. The molecule has 3 fully saturated rings. The summed E-state index contributed by atoms with van der Waals surface area (Å²) < 4.78 is 27.7. The van der Waals surface area contributed by atoms with Gasteiger partial charge in [-0.1, -0.05) is 26.7 Å². The molecule has 0 radical (unpaired) electrons. The summed E-state index contributed by atoms with van der Waals surface area (Å²) in [6.45, 7) is 7.22. The van der Waals surface area contributed by atoms with Crippen LogP contribution in [-0.2, 0) is 28.7 Å². The molecule has 1 unspecified atom stereocenters. The minimum atomic E-state index is -2.12. The van der Waals surface area contributed by atoms with Crippen LogP contribution < -0.4 is 0 Å². The van der Waals surface area contributed by atoms with Crippen molar-refractivity contribution < 1.29 is 38.1 Å². The quantitative estimate of drug-likeness (QED) is 0.570. The first-order valence-electron chi connectivity index (χ1n) is 12.1. The fourth-order valence-electron chi connectivity index (χ4n) is 7.35. The number of ether oxygens (including phenoxy) is 2. The topological polar surface area (TPSA) is 107 Å². The second-order valence-electron chi connectivity index (χ2n) is 10.7. The van der Waals surface area contributed by atoms with Crippen molar-refractivity contribution in [2.75, 3.05) is 6.61 Å². The van der Waals surface area contributed by atoms with Crippen LogP contribution in [0.1, 0.15) is 86.0 Å². The predicted molar refractivity (Wildman–Crippen MR) is 117 cm³/mol. The normalized spacial score (nSPS) is 42.3. The lowest BCUT2D eigenvalue weighted by Crippen LogP contribution is -2.71. The van der Waals surface area contributed by atoms with Gasteiger partial charge in [0.2, 0.25) is 5.78 Å². The Morgan fingerprint density at radius 3 is 2.36 bits per heavy atom. The van der Waals surface area contributed by atoms with Gasteiger partial charge in [0.25, 0.3) is 0 Å². The number of hydrogen-bond acceptors (Lipinski definition) is 7. The van der Waals surface area contributed by atoms with Crippen LogP contribution in [0.5, 0.6) is 0 Å². The molecule has 0 bridgehead atoms. The van der Waals surface area contributed by atoms with E-state index in [0.29, 0.717) is 19.3 Å². The summed E-state index contributed by atoms with van der Waals surface area (Å²) >= 11 is 0. The fourth-order valence-corrected chi connectivity index (χ4v) is 7.35. The number of hydrogen-bond donors (Lipinski definition) is 1. The van der Waals surface area contributed by atoms with Crippen molar-refractivity contribution in [3.8, 4) is 0 Å². The molecule has 3 aliphatic carbocycles. The molecule has 8 heteroatoms. The van der Waals surface area contributed by atoms with Crippen molar-refractivity contribution in [2.45, 2.75) is 103 Å². The Balaban J connectivity index is 2.06. The van der Waals surface area contributed by atoms with Gasteiger partial charge in [-0.2, -0.15) is 0 Å². The average molecular weight is 469 g/mol. The monoisotopic (exact) mass is 468 g/mol. The van der Waals surface area contributed by atoms with E-state index in [9.17, 15) is 24.3 Å². The van der Waals surface area contributed by atoms with Gasteiger partial charge in [0.1, 0.15) is 5.78 Å². The highest BCUT2D eigenvalue weighted by Gasteiger charge is 2.76. The van der Waals surface area contributed by atoms with Crippen molar-refractivity contribution in [1.82, 2.24) is 0 Å². The summed E-state index contributed by atoms with van der Waals surface area (Å²) in [5, 5.41) is 11.3. The molecule has 3 saturated carbocycles. The molecule has 1 N–H and O–H groups in total. The number of rotatable bonds is 7. The van der Waals surface area contributed by atoms with Crippen molar-refractivity contribution in [3.05, 3.63) is 0 Å². The molecule has 0 aromatic rings. The van der Waals surface area contributed by atoms with Crippen LogP contribution in [-0.4, -0.2) is 52.6 Å². The van der Waals surface area contributed by atoms with E-state index in [1.165, 1.54) is 13.8 Å². The lowest BCUT2D eigenvalue weighted by atomic mass is 9.45. The smallest absolute Gasteiger partial charge is 0.303 e. The molecular weight excluding hydrogens is 431 g/mol. The molecule has 0 aromatic carbocycles. The van der Waals surface area contributed by atoms with Gasteiger partial charge in [-0.3, -0.25) is 19.2 Å². The molecule has 0 heterocycles. The molecule has 0 amide bonds. The van der Waals surface area contributed by atoms with E-state index < -0.39 is 58.5 Å². The van der Waals surface area contributed by atoms with E-state index in [-0.39, 0.29) is 37.4 Å². The third-order valence-corrected chi connectivity index (χ3v) is 9.02. The lowest BCUT2D eigenvalue weighted by molar-refractivity contribution is -0.236. The summed E-state index contributed by atoms with van der Waals surface area (Å²) in [4.78, 5) is 49.8. The van der Waals surface area contributed by atoms with Gasteiger partial charge >= 0.3 is 11.9 Å². The molecule has 7 nitrogen and oxygen atoms in total. The Kier molecular flexibility index (Phi) is 6.84. The van der Waals surface area contributed by atoms with Gasteiger partial charge < -0.3 is 14.6 Å². The minimum absolute atomic E-state index is 0.126. The van der Waals surface area contributed by atoms with Gasteiger partial charge in [-0.05, 0) is 44.9 Å². The van der Waals surface area contributed by atoms with Crippen LogP contribution in [0.3, 0.4) is 0 Å². The van der Waals surface area contributed by atoms with E-state index >= 15 is 4.39 Å². The van der Waals surface area contributed by atoms with Crippen molar-refractivity contribution in [1.29, 1.82) is 0 Å². The zero-order valence-electron chi connectivity index (χ0n) is 20.4. The Hall–Kier alpha value is -1.83. The first-order valence-corrected chi connectivity index (χ1v) is 12.1. The predicted octanol–water partition coefficient (Wildman–Crippen LogP) is 3.49. The number of esters is 2. The second kappa shape index (κ2) is 8.75. The van der Waals surface area contributed by atoms with Crippen molar-refractivity contribution in [2.24, 2.45) is 22.7 Å². The fraction of sp³-hybridized carbons (Fsp3) is 0.840. The summed E-state index contributed by atoms with van der Waals surface area (Å²) in [7, 11) is 0. The molecular formula is C25H37FO7. The maximum atomic E-state index is 17.1. The third kappa shape index (κ3) is 3.63. The van der Waals surface area contributed by atoms with Crippen LogP contribution in [0.2, 0.25) is 0 Å². The average Bonchev–Trinajstić information content (AvgIpc) is 3.01. The van der Waals surface area contributed by atoms with E-state index in [4.69, 9.17) is 9.47 Å². The lowest BCUT2D eigenvalue weighted by Gasteiger charge is -2.61. The Labute approximate surface area is 194 Å². The first kappa shape index (κ1) is 25.8.